The van der Waals surface area contributed by atoms with Crippen LogP contribution in [0.5, 0.6) is 5.75 Å². The third kappa shape index (κ3) is 2.63. The number of fused-ring (bicyclic) bond motifs is 1. The first-order chi connectivity index (χ1) is 9.28. The smallest absolute Gasteiger partial charge is 0.124 e. The lowest BCUT2D eigenvalue weighted by Crippen LogP contribution is -2.49. The summed E-state index contributed by atoms with van der Waals surface area (Å²) < 4.78 is 11.4. The predicted octanol–water partition coefficient (Wildman–Crippen LogP) is 2.91. The molecule has 0 radical (unpaired) electrons. The van der Waals surface area contributed by atoms with Gasteiger partial charge in [-0.15, -0.1) is 0 Å². The predicted molar refractivity (Wildman–Crippen MR) is 75.4 cm³/mol. The Labute approximate surface area is 115 Å². The van der Waals surface area contributed by atoms with E-state index in [0.717, 1.165) is 31.8 Å². The molecule has 2 aliphatic rings. The highest BCUT2D eigenvalue weighted by molar-refractivity contribution is 5.38. The zero-order valence-corrected chi connectivity index (χ0v) is 11.8. The molecule has 3 nitrogen and oxygen atoms in total. The van der Waals surface area contributed by atoms with E-state index in [9.17, 15) is 0 Å². The van der Waals surface area contributed by atoms with Crippen molar-refractivity contribution >= 4 is 0 Å². The SMILES string of the molecule is CCOC1CC(NC2c3ccccc3OCC2C)C1. The second kappa shape index (κ2) is 5.51. The summed E-state index contributed by atoms with van der Waals surface area (Å²) in [6.45, 7) is 5.95. The number of rotatable bonds is 4. The Morgan fingerprint density at radius 1 is 1.32 bits per heavy atom. The van der Waals surface area contributed by atoms with Crippen LogP contribution in [0.3, 0.4) is 0 Å². The van der Waals surface area contributed by atoms with E-state index >= 15 is 0 Å². The highest BCUT2D eigenvalue weighted by Gasteiger charge is 2.35. The van der Waals surface area contributed by atoms with Gasteiger partial charge in [-0.05, 0) is 25.8 Å². The minimum atomic E-state index is 0.414. The molecule has 1 N–H and O–H groups in total. The Hall–Kier alpha value is -1.06. The summed E-state index contributed by atoms with van der Waals surface area (Å²) in [4.78, 5) is 0. The lowest BCUT2D eigenvalue weighted by molar-refractivity contribution is -0.0156. The van der Waals surface area contributed by atoms with Gasteiger partial charge in [-0.25, -0.2) is 0 Å². The van der Waals surface area contributed by atoms with Crippen molar-refractivity contribution in [1.82, 2.24) is 5.32 Å². The zero-order chi connectivity index (χ0) is 13.2. The van der Waals surface area contributed by atoms with Gasteiger partial charge in [-0.2, -0.15) is 0 Å². The van der Waals surface area contributed by atoms with Crippen LogP contribution >= 0.6 is 0 Å². The van der Waals surface area contributed by atoms with Crippen LogP contribution < -0.4 is 10.1 Å². The molecule has 0 bridgehead atoms. The second-order valence-corrected chi connectivity index (χ2v) is 5.72. The van der Waals surface area contributed by atoms with Gasteiger partial charge in [-0.1, -0.05) is 25.1 Å². The number of benzene rings is 1. The van der Waals surface area contributed by atoms with Gasteiger partial charge in [0.2, 0.25) is 0 Å². The number of para-hydroxylation sites is 1. The molecule has 1 fully saturated rings. The average molecular weight is 261 g/mol. The van der Waals surface area contributed by atoms with E-state index in [-0.39, 0.29) is 0 Å². The standard InChI is InChI=1S/C16H23NO2/c1-3-18-13-8-12(9-13)17-16-11(2)10-19-15-7-5-4-6-14(15)16/h4-7,11-13,16-17H,3,8-10H2,1-2H3. The molecule has 0 spiro atoms. The van der Waals surface area contributed by atoms with Gasteiger partial charge in [0.1, 0.15) is 5.75 Å². The van der Waals surface area contributed by atoms with Gasteiger partial charge >= 0.3 is 0 Å². The summed E-state index contributed by atoms with van der Waals surface area (Å²) in [7, 11) is 0. The highest BCUT2D eigenvalue weighted by Crippen LogP contribution is 2.37. The van der Waals surface area contributed by atoms with Gasteiger partial charge < -0.3 is 14.8 Å². The molecule has 1 heterocycles. The maximum atomic E-state index is 5.79. The van der Waals surface area contributed by atoms with Crippen molar-refractivity contribution in [3.8, 4) is 5.75 Å². The lowest BCUT2D eigenvalue weighted by atomic mass is 9.85. The molecule has 3 rings (SSSR count). The molecule has 0 aromatic heterocycles. The fourth-order valence-electron chi connectivity index (χ4n) is 3.07. The number of nitrogens with one attached hydrogen (secondary N) is 1. The van der Waals surface area contributed by atoms with Gasteiger partial charge in [0.05, 0.1) is 12.7 Å². The van der Waals surface area contributed by atoms with Crippen LogP contribution in [0.4, 0.5) is 0 Å². The molecule has 19 heavy (non-hydrogen) atoms. The summed E-state index contributed by atoms with van der Waals surface area (Å²) in [5, 5.41) is 3.79. The first-order valence-electron chi connectivity index (χ1n) is 7.37. The zero-order valence-electron chi connectivity index (χ0n) is 11.8. The Balaban J connectivity index is 1.64. The number of hydrogen-bond donors (Lipinski definition) is 1. The summed E-state index contributed by atoms with van der Waals surface area (Å²) in [6, 6.07) is 9.40. The van der Waals surface area contributed by atoms with Gasteiger partial charge in [0, 0.05) is 30.2 Å². The number of hydrogen-bond acceptors (Lipinski definition) is 3. The molecule has 0 amide bonds. The fraction of sp³-hybridized carbons (Fsp3) is 0.625. The van der Waals surface area contributed by atoms with E-state index in [4.69, 9.17) is 9.47 Å². The molecule has 0 saturated heterocycles. The lowest BCUT2D eigenvalue weighted by Gasteiger charge is -2.41. The summed E-state index contributed by atoms with van der Waals surface area (Å²) in [5.74, 6) is 1.56. The molecule has 2 atom stereocenters. The first-order valence-corrected chi connectivity index (χ1v) is 7.37. The second-order valence-electron chi connectivity index (χ2n) is 5.72. The van der Waals surface area contributed by atoms with Crippen molar-refractivity contribution in [3.63, 3.8) is 0 Å². The van der Waals surface area contributed by atoms with Gasteiger partial charge in [0.25, 0.3) is 0 Å². The van der Waals surface area contributed by atoms with E-state index in [1.54, 1.807) is 0 Å². The summed E-state index contributed by atoms with van der Waals surface area (Å²) in [5.41, 5.74) is 1.31. The molecule has 1 aromatic carbocycles. The van der Waals surface area contributed by atoms with Crippen LogP contribution in [0.2, 0.25) is 0 Å². The minimum absolute atomic E-state index is 0.414. The molecular formula is C16H23NO2. The van der Waals surface area contributed by atoms with Crippen molar-refractivity contribution in [1.29, 1.82) is 0 Å². The van der Waals surface area contributed by atoms with Crippen molar-refractivity contribution in [2.45, 2.75) is 44.9 Å². The van der Waals surface area contributed by atoms with E-state index in [1.165, 1.54) is 5.56 Å². The summed E-state index contributed by atoms with van der Waals surface area (Å²) >= 11 is 0. The Morgan fingerprint density at radius 3 is 2.89 bits per heavy atom. The van der Waals surface area contributed by atoms with E-state index in [0.29, 0.717) is 24.1 Å². The van der Waals surface area contributed by atoms with Gasteiger partial charge in [-0.3, -0.25) is 0 Å². The molecule has 1 aromatic rings. The van der Waals surface area contributed by atoms with Crippen molar-refractivity contribution < 1.29 is 9.47 Å². The Bertz CT molecular complexity index is 429. The Morgan fingerprint density at radius 2 is 2.11 bits per heavy atom. The van der Waals surface area contributed by atoms with Crippen LogP contribution in [-0.2, 0) is 4.74 Å². The number of ether oxygens (including phenoxy) is 2. The van der Waals surface area contributed by atoms with Crippen LogP contribution in [-0.4, -0.2) is 25.4 Å². The molecular weight excluding hydrogens is 238 g/mol. The maximum Gasteiger partial charge on any atom is 0.124 e. The minimum Gasteiger partial charge on any atom is -0.493 e. The largest absolute Gasteiger partial charge is 0.493 e. The fourth-order valence-corrected chi connectivity index (χ4v) is 3.07. The first kappa shape index (κ1) is 12.9. The maximum absolute atomic E-state index is 5.79. The van der Waals surface area contributed by atoms with Crippen LogP contribution in [0.15, 0.2) is 24.3 Å². The monoisotopic (exact) mass is 261 g/mol. The van der Waals surface area contributed by atoms with E-state index < -0.39 is 0 Å². The quantitative estimate of drug-likeness (QED) is 0.904. The van der Waals surface area contributed by atoms with Crippen molar-refractivity contribution in [2.24, 2.45) is 5.92 Å². The Kier molecular flexibility index (Phi) is 3.76. The van der Waals surface area contributed by atoms with Crippen LogP contribution in [0.1, 0.15) is 38.3 Å². The molecule has 3 heteroatoms. The topological polar surface area (TPSA) is 30.5 Å². The summed E-state index contributed by atoms with van der Waals surface area (Å²) in [6.07, 6.45) is 2.74. The van der Waals surface area contributed by atoms with E-state index in [1.807, 2.05) is 6.07 Å². The highest BCUT2D eigenvalue weighted by atomic mass is 16.5. The molecule has 1 aliphatic heterocycles. The molecule has 1 aliphatic carbocycles. The molecule has 1 saturated carbocycles. The molecule has 104 valence electrons. The van der Waals surface area contributed by atoms with Crippen LogP contribution in [0.25, 0.3) is 0 Å². The normalized spacial score (nSPS) is 33.2. The van der Waals surface area contributed by atoms with E-state index in [2.05, 4.69) is 37.4 Å². The van der Waals surface area contributed by atoms with Gasteiger partial charge in [0.15, 0.2) is 0 Å². The van der Waals surface area contributed by atoms with Crippen molar-refractivity contribution in [3.05, 3.63) is 29.8 Å². The van der Waals surface area contributed by atoms with Crippen molar-refractivity contribution in [2.75, 3.05) is 13.2 Å². The third-order valence-electron chi connectivity index (χ3n) is 4.24. The van der Waals surface area contributed by atoms with Crippen LogP contribution in [0, 0.1) is 5.92 Å². The molecule has 2 unspecified atom stereocenters. The third-order valence-corrected chi connectivity index (χ3v) is 4.24. The average Bonchev–Trinajstić information content (AvgIpc) is 2.39.